The Labute approximate surface area is 99.5 Å². The van der Waals surface area contributed by atoms with Gasteiger partial charge in [-0.25, -0.2) is 4.39 Å². The maximum absolute atomic E-state index is 13.2. The zero-order chi connectivity index (χ0) is 12.7. The second-order valence-electron chi connectivity index (χ2n) is 3.59. The van der Waals surface area contributed by atoms with Crippen molar-refractivity contribution < 1.29 is 18.7 Å². The van der Waals surface area contributed by atoms with Crippen molar-refractivity contribution in [3.05, 3.63) is 35.6 Å². The first-order valence-electron chi connectivity index (χ1n) is 5.29. The number of carbonyl (C=O) groups excluding carboxylic acids is 1. The van der Waals surface area contributed by atoms with Crippen LogP contribution in [0.25, 0.3) is 0 Å². The number of methoxy groups -OCH3 is 1. The molecule has 2 N–H and O–H groups in total. The van der Waals surface area contributed by atoms with Crippen molar-refractivity contribution in [3.8, 4) is 0 Å². The number of hydrogen-bond acceptors (Lipinski definition) is 4. The van der Waals surface area contributed by atoms with Gasteiger partial charge in [0.1, 0.15) is 18.5 Å². The van der Waals surface area contributed by atoms with Crippen LogP contribution in [0.4, 0.5) is 4.39 Å². The average Bonchev–Trinajstić information content (AvgIpc) is 2.34. The van der Waals surface area contributed by atoms with Crippen molar-refractivity contribution in [1.82, 2.24) is 0 Å². The van der Waals surface area contributed by atoms with Gasteiger partial charge in [-0.15, -0.1) is 0 Å². The zero-order valence-corrected chi connectivity index (χ0v) is 9.69. The minimum absolute atomic E-state index is 0.105. The van der Waals surface area contributed by atoms with Crippen LogP contribution in [-0.4, -0.2) is 25.7 Å². The van der Waals surface area contributed by atoms with Gasteiger partial charge in [-0.05, 0) is 12.5 Å². The molecule has 0 spiro atoms. The van der Waals surface area contributed by atoms with Gasteiger partial charge >= 0.3 is 5.97 Å². The smallest absolute Gasteiger partial charge is 0.323 e. The molecule has 5 heteroatoms. The molecule has 94 valence electrons. The van der Waals surface area contributed by atoms with Crippen LogP contribution < -0.4 is 5.73 Å². The molecule has 4 nitrogen and oxygen atoms in total. The van der Waals surface area contributed by atoms with Gasteiger partial charge in [-0.2, -0.15) is 0 Å². The quantitative estimate of drug-likeness (QED) is 0.761. The van der Waals surface area contributed by atoms with Gasteiger partial charge in [0.2, 0.25) is 0 Å². The zero-order valence-electron chi connectivity index (χ0n) is 9.69. The molecule has 0 radical (unpaired) electrons. The minimum atomic E-state index is -0.735. The summed E-state index contributed by atoms with van der Waals surface area (Å²) < 4.78 is 22.9. The number of carbonyl (C=O) groups is 1. The van der Waals surface area contributed by atoms with Crippen molar-refractivity contribution >= 4 is 5.97 Å². The largest absolute Gasteiger partial charge is 0.460 e. The number of ether oxygens (including phenoxy) is 2. The molecule has 0 aromatic heterocycles. The van der Waals surface area contributed by atoms with Gasteiger partial charge in [-0.1, -0.05) is 18.2 Å². The molecule has 1 aromatic rings. The van der Waals surface area contributed by atoms with Gasteiger partial charge in [0.15, 0.2) is 0 Å². The minimum Gasteiger partial charge on any atom is -0.460 e. The van der Waals surface area contributed by atoms with E-state index < -0.39 is 17.8 Å². The first-order valence-corrected chi connectivity index (χ1v) is 5.29. The van der Waals surface area contributed by atoms with E-state index in [9.17, 15) is 9.18 Å². The fourth-order valence-corrected chi connectivity index (χ4v) is 1.23. The standard InChI is InChI=1S/C12H16FNO3/c1-16-7-6-11(14)12(15)17-8-9-4-2-3-5-10(9)13/h2-5,11H,6-8,14H2,1H3. The summed E-state index contributed by atoms with van der Waals surface area (Å²) in [5.41, 5.74) is 5.89. The number of halogens is 1. The molecule has 1 unspecified atom stereocenters. The second kappa shape index (κ2) is 6.98. The van der Waals surface area contributed by atoms with E-state index in [-0.39, 0.29) is 6.61 Å². The molecular formula is C12H16FNO3. The Balaban J connectivity index is 2.40. The van der Waals surface area contributed by atoms with E-state index >= 15 is 0 Å². The van der Waals surface area contributed by atoms with E-state index in [1.54, 1.807) is 18.2 Å². The summed E-state index contributed by atoms with van der Waals surface area (Å²) in [5, 5.41) is 0. The Morgan fingerprint density at radius 3 is 2.82 bits per heavy atom. The van der Waals surface area contributed by atoms with Crippen molar-refractivity contribution in [2.24, 2.45) is 5.73 Å². The van der Waals surface area contributed by atoms with Crippen LogP contribution in [0.3, 0.4) is 0 Å². The molecule has 1 aromatic carbocycles. The van der Waals surface area contributed by atoms with Crippen LogP contribution >= 0.6 is 0 Å². The highest BCUT2D eigenvalue weighted by molar-refractivity contribution is 5.75. The summed E-state index contributed by atoms with van der Waals surface area (Å²) >= 11 is 0. The van der Waals surface area contributed by atoms with Crippen molar-refractivity contribution in [1.29, 1.82) is 0 Å². The van der Waals surface area contributed by atoms with Crippen LogP contribution in [0.1, 0.15) is 12.0 Å². The van der Waals surface area contributed by atoms with Gasteiger partial charge in [0, 0.05) is 19.3 Å². The number of hydrogen-bond donors (Lipinski definition) is 1. The SMILES string of the molecule is COCCC(N)C(=O)OCc1ccccc1F. The van der Waals surface area contributed by atoms with Gasteiger partial charge in [0.05, 0.1) is 0 Å². The predicted octanol–water partition coefficient (Wildman–Crippen LogP) is 1.23. The highest BCUT2D eigenvalue weighted by Crippen LogP contribution is 2.08. The lowest BCUT2D eigenvalue weighted by molar-refractivity contribution is -0.147. The summed E-state index contributed by atoms with van der Waals surface area (Å²) in [6.45, 7) is 0.280. The fourth-order valence-electron chi connectivity index (χ4n) is 1.23. The van der Waals surface area contributed by atoms with Crippen LogP contribution in [-0.2, 0) is 20.9 Å². The summed E-state index contributed by atoms with van der Waals surface area (Å²) in [4.78, 5) is 11.4. The number of esters is 1. The Bertz CT molecular complexity index is 371. The molecule has 0 aliphatic carbocycles. The Kier molecular flexibility index (Phi) is 5.59. The lowest BCUT2D eigenvalue weighted by Gasteiger charge is -2.11. The van der Waals surface area contributed by atoms with Crippen LogP contribution in [0.5, 0.6) is 0 Å². The molecule has 0 aliphatic heterocycles. The Morgan fingerprint density at radius 1 is 1.47 bits per heavy atom. The van der Waals surface area contributed by atoms with Crippen molar-refractivity contribution in [3.63, 3.8) is 0 Å². The third-order valence-corrected chi connectivity index (χ3v) is 2.26. The average molecular weight is 241 g/mol. The Morgan fingerprint density at radius 2 is 2.18 bits per heavy atom. The van der Waals surface area contributed by atoms with Crippen molar-refractivity contribution in [2.75, 3.05) is 13.7 Å². The molecule has 0 amide bonds. The third-order valence-electron chi connectivity index (χ3n) is 2.26. The van der Waals surface area contributed by atoms with E-state index in [0.29, 0.717) is 18.6 Å². The lowest BCUT2D eigenvalue weighted by Crippen LogP contribution is -2.33. The summed E-state index contributed by atoms with van der Waals surface area (Å²) in [7, 11) is 1.53. The lowest BCUT2D eigenvalue weighted by atomic mass is 10.2. The van der Waals surface area contributed by atoms with Crippen LogP contribution in [0.15, 0.2) is 24.3 Å². The van der Waals surface area contributed by atoms with Gasteiger partial charge in [-0.3, -0.25) is 4.79 Å². The first kappa shape index (κ1) is 13.6. The molecule has 0 saturated carbocycles. The summed E-state index contributed by atoms with van der Waals surface area (Å²) in [6, 6.07) is 5.39. The maximum Gasteiger partial charge on any atom is 0.323 e. The molecule has 0 saturated heterocycles. The van der Waals surface area contributed by atoms with E-state index in [4.69, 9.17) is 15.2 Å². The van der Waals surface area contributed by atoms with E-state index in [1.807, 2.05) is 0 Å². The monoisotopic (exact) mass is 241 g/mol. The van der Waals surface area contributed by atoms with E-state index in [1.165, 1.54) is 13.2 Å². The second-order valence-corrected chi connectivity index (χ2v) is 3.59. The van der Waals surface area contributed by atoms with Crippen LogP contribution in [0, 0.1) is 5.82 Å². The summed E-state index contributed by atoms with van der Waals surface area (Å²) in [6.07, 6.45) is 0.382. The van der Waals surface area contributed by atoms with Gasteiger partial charge in [0.25, 0.3) is 0 Å². The molecule has 1 rings (SSSR count). The molecule has 0 bridgehead atoms. The van der Waals surface area contributed by atoms with Crippen molar-refractivity contribution in [2.45, 2.75) is 19.1 Å². The van der Waals surface area contributed by atoms with Gasteiger partial charge < -0.3 is 15.2 Å². The molecule has 0 heterocycles. The first-order chi connectivity index (χ1) is 8.15. The number of benzene rings is 1. The summed E-state index contributed by atoms with van der Waals surface area (Å²) in [5.74, 6) is -0.948. The predicted molar refractivity (Wildman–Crippen MR) is 60.7 cm³/mol. The maximum atomic E-state index is 13.2. The number of rotatable bonds is 6. The topological polar surface area (TPSA) is 61.5 Å². The van der Waals surface area contributed by atoms with Crippen LogP contribution in [0.2, 0.25) is 0 Å². The molecular weight excluding hydrogens is 225 g/mol. The molecule has 0 aliphatic rings. The highest BCUT2D eigenvalue weighted by atomic mass is 19.1. The highest BCUT2D eigenvalue weighted by Gasteiger charge is 2.15. The van der Waals surface area contributed by atoms with E-state index in [0.717, 1.165) is 0 Å². The molecule has 17 heavy (non-hydrogen) atoms. The molecule has 1 atom stereocenters. The van der Waals surface area contributed by atoms with E-state index in [2.05, 4.69) is 0 Å². The normalized spacial score (nSPS) is 12.2. The number of nitrogens with two attached hydrogens (primary N) is 1. The third kappa shape index (κ3) is 4.50. The fraction of sp³-hybridized carbons (Fsp3) is 0.417. The molecule has 0 fully saturated rings. The Hall–Kier alpha value is -1.46.